The third-order valence-electron chi connectivity index (χ3n) is 24.8. The summed E-state index contributed by atoms with van der Waals surface area (Å²) in [5.41, 5.74) is 24.4. The zero-order valence-electron chi connectivity index (χ0n) is 79.6. The molecule has 0 aliphatic carbocycles. The monoisotopic (exact) mass is 1780 g/mol. The second-order valence-corrected chi connectivity index (χ2v) is 35.0. The van der Waals surface area contributed by atoms with E-state index in [1.807, 2.05) is 59.9 Å². The zero-order chi connectivity index (χ0) is 93.4. The van der Waals surface area contributed by atoms with E-state index in [0.717, 1.165) is 63.9 Å². The summed E-state index contributed by atoms with van der Waals surface area (Å²) in [5.74, 6) is 0. The number of nitrogens with zero attached hydrogens (tertiary/aromatic N) is 6. The van der Waals surface area contributed by atoms with Gasteiger partial charge in [-0.15, -0.1) is 11.3 Å². The van der Waals surface area contributed by atoms with Crippen LogP contribution in [0.15, 0.2) is 480 Å². The second kappa shape index (κ2) is 51.1. The summed E-state index contributed by atoms with van der Waals surface area (Å²) < 4.78 is 0. The first-order valence-corrected chi connectivity index (χ1v) is 48.9. The highest BCUT2D eigenvalue weighted by molar-refractivity contribution is 7.19. The summed E-state index contributed by atoms with van der Waals surface area (Å²) in [7, 11) is 8.44. The number of aryl methyl sites for hydroxylation is 3. The van der Waals surface area contributed by atoms with Gasteiger partial charge in [-0.2, -0.15) is 0 Å². The number of thiophene rings is 1. The second-order valence-electron chi connectivity index (χ2n) is 33.9. The van der Waals surface area contributed by atoms with Crippen molar-refractivity contribution < 1.29 is 0 Å². The first-order valence-electron chi connectivity index (χ1n) is 48.1. The molecule has 0 spiro atoms. The van der Waals surface area contributed by atoms with Crippen molar-refractivity contribution in [2.45, 2.75) is 104 Å². The number of para-hydroxylation sites is 6. The van der Waals surface area contributed by atoms with Gasteiger partial charge in [0.15, 0.2) is 0 Å². The van der Waals surface area contributed by atoms with Crippen molar-refractivity contribution in [2.24, 2.45) is 0 Å². The van der Waals surface area contributed by atoms with Gasteiger partial charge in [0.2, 0.25) is 0 Å². The highest BCUT2D eigenvalue weighted by atomic mass is 32.1. The summed E-state index contributed by atoms with van der Waals surface area (Å²) in [6, 6.07) is 167. The summed E-state index contributed by atoms with van der Waals surface area (Å²) >= 11 is 1.85. The van der Waals surface area contributed by atoms with Crippen molar-refractivity contribution in [3.63, 3.8) is 0 Å². The number of hydrogen-bond donors (Lipinski definition) is 0. The largest absolute Gasteiger partial charge is 0.345 e. The van der Waals surface area contributed by atoms with Gasteiger partial charge in [0.25, 0.3) is 0 Å². The summed E-state index contributed by atoms with van der Waals surface area (Å²) in [6.45, 7) is 10.4. The van der Waals surface area contributed by atoms with Crippen molar-refractivity contribution in [3.8, 4) is 20.9 Å². The molecule has 1 heterocycles. The van der Waals surface area contributed by atoms with E-state index in [4.69, 9.17) is 0 Å². The highest BCUT2D eigenvalue weighted by Crippen LogP contribution is 2.43. The quantitative estimate of drug-likeness (QED) is 0.0415. The summed E-state index contributed by atoms with van der Waals surface area (Å²) in [6.07, 6.45) is 19.7. The SMILES string of the molecule is C=Cc1ccc(N(C)c2ccccc2)cc1.CCCCCCCCCCCCc1ccc(CC)cc1.CCc1ccccc1.CN(c1ccc(N(c2ccccc2)c2ccccc2)cc1)c1cccc2ccccc12.CN(c1cccc(-c2ccc(-c3cccc4ccccc34)s2)c1)c1cccc2ccccc12.CN(c1ccccc1)c1ccc(N(c2ccccc2)c2ccccc2)cc1. The number of fused-ring (bicyclic) bond motifs is 3. The van der Waals surface area contributed by atoms with Gasteiger partial charge >= 0.3 is 0 Å². The Morgan fingerprint density at radius 2 is 0.526 bits per heavy atom. The van der Waals surface area contributed by atoms with Crippen LogP contribution in [-0.2, 0) is 19.3 Å². The molecule has 676 valence electrons. The van der Waals surface area contributed by atoms with Gasteiger partial charge < -0.3 is 29.4 Å². The van der Waals surface area contributed by atoms with Crippen molar-refractivity contribution in [2.75, 3.05) is 57.6 Å². The first kappa shape index (κ1) is 96.0. The average molecular weight is 1780 g/mol. The van der Waals surface area contributed by atoms with E-state index in [2.05, 4.69) is 516 Å². The van der Waals surface area contributed by atoms with Crippen molar-refractivity contribution in [3.05, 3.63) is 502 Å². The molecule has 0 fully saturated rings. The minimum atomic E-state index is 1.13. The van der Waals surface area contributed by atoms with E-state index < -0.39 is 0 Å². The molecule has 0 N–H and O–H groups in total. The van der Waals surface area contributed by atoms with Crippen molar-refractivity contribution >= 4 is 129 Å². The summed E-state index contributed by atoms with van der Waals surface area (Å²) in [5, 5.41) is 7.62. The fourth-order valence-electron chi connectivity index (χ4n) is 17.0. The molecule has 0 aliphatic rings. The fourth-order valence-corrected chi connectivity index (χ4v) is 18.0. The zero-order valence-corrected chi connectivity index (χ0v) is 80.4. The Balaban J connectivity index is 0.000000135. The van der Waals surface area contributed by atoms with Crippen molar-refractivity contribution in [1.82, 2.24) is 0 Å². The molecule has 6 nitrogen and oxygen atoms in total. The van der Waals surface area contributed by atoms with Crippen LogP contribution >= 0.6 is 11.3 Å². The molecule has 19 rings (SSSR count). The first-order chi connectivity index (χ1) is 66.5. The fraction of sp³-hybridized carbons (Fsp3) is 0.156. The molecule has 0 saturated carbocycles. The topological polar surface area (TPSA) is 19.4 Å². The van der Waals surface area contributed by atoms with E-state index >= 15 is 0 Å². The maximum atomic E-state index is 3.75. The molecule has 0 bridgehead atoms. The molecule has 0 aliphatic heterocycles. The molecule has 0 amide bonds. The molecule has 0 unspecified atom stereocenters. The van der Waals surface area contributed by atoms with Crippen LogP contribution in [0.4, 0.5) is 79.6 Å². The van der Waals surface area contributed by atoms with Crippen LogP contribution in [0.25, 0.3) is 59.3 Å². The minimum absolute atomic E-state index is 1.13. The van der Waals surface area contributed by atoms with Crippen LogP contribution in [0.3, 0.4) is 0 Å². The smallest absolute Gasteiger partial charge is 0.0487 e. The number of anilines is 14. The summed E-state index contributed by atoms with van der Waals surface area (Å²) in [4.78, 5) is 16.0. The lowest BCUT2D eigenvalue weighted by Gasteiger charge is -2.27. The van der Waals surface area contributed by atoms with Gasteiger partial charge in [0.1, 0.15) is 0 Å². The van der Waals surface area contributed by atoms with Crippen molar-refractivity contribution in [1.29, 1.82) is 0 Å². The maximum Gasteiger partial charge on any atom is 0.0487 e. The number of rotatable bonds is 30. The Bertz CT molecular complexity index is 6580. The Kier molecular flexibility index (Phi) is 36.4. The predicted octanol–water partition coefficient (Wildman–Crippen LogP) is 37.2. The van der Waals surface area contributed by atoms with Gasteiger partial charge in [-0.1, -0.05) is 395 Å². The molecule has 0 atom stereocenters. The molecular weight excluding hydrogens is 1650 g/mol. The molecule has 135 heavy (non-hydrogen) atoms. The molecule has 0 saturated heterocycles. The molecule has 18 aromatic carbocycles. The van der Waals surface area contributed by atoms with Gasteiger partial charge in [-0.05, 0) is 250 Å². The predicted molar refractivity (Wildman–Crippen MR) is 592 cm³/mol. The van der Waals surface area contributed by atoms with Crippen LogP contribution < -0.4 is 29.4 Å². The van der Waals surface area contributed by atoms with Crippen LogP contribution in [0.2, 0.25) is 0 Å². The Hall–Kier alpha value is -15.0. The standard InChI is InChI=1S/C31H23NS.C29H24N2.C25H22N2.C20H34.C15H15N.C8H10/c1-32(29-18-8-12-23-10-3-5-16-27(23)29)25-14-6-13-24(21-25)30-19-20-31(33-30)28-17-7-11-22-9-2-4-15-26(22)28;1-30(29-18-10-12-23-11-8-9-17-28(23)29)24-19-21-27(22-20-24)31(25-13-4-2-5-14-25)26-15-6-3-7-16-26;1-26(21-11-5-2-6-12-21)22-17-19-25(20-18-22)27(23-13-7-3-8-14-23)24-15-9-4-10-16-24;1-3-5-6-7-8-9-10-11-12-13-14-20-17-15-19(4-2)16-18-20;1-3-13-9-11-15(12-10-13)16(2)14-7-5-4-6-8-14;1-2-8-6-4-3-5-7-8/h2-21H,1H3;2-22H,1H3;2-20H,1H3;15-18H,3-14H2,1-2H3;3-12H,1H2,2H3;3-7H,2H2,1H3. The minimum Gasteiger partial charge on any atom is -0.345 e. The molecular formula is C128H128N6S. The molecule has 1 aromatic heterocycles. The Morgan fingerprint density at radius 1 is 0.230 bits per heavy atom. The highest BCUT2D eigenvalue weighted by Gasteiger charge is 2.18. The van der Waals surface area contributed by atoms with Crippen LogP contribution in [0, 0.1) is 0 Å². The van der Waals surface area contributed by atoms with Gasteiger partial charge in [-0.3, -0.25) is 0 Å². The molecule has 0 radical (unpaired) electrons. The van der Waals surface area contributed by atoms with E-state index in [-0.39, 0.29) is 0 Å². The molecule has 19 aromatic rings. The lowest BCUT2D eigenvalue weighted by Crippen LogP contribution is -2.12. The average Bonchev–Trinajstić information content (AvgIpc) is 1.76. The van der Waals surface area contributed by atoms with Gasteiger partial charge in [-0.25, -0.2) is 0 Å². The van der Waals surface area contributed by atoms with E-state index in [1.165, 1.54) is 175 Å². The van der Waals surface area contributed by atoms with Gasteiger partial charge in [0, 0.05) is 128 Å². The number of unbranched alkanes of at least 4 members (excludes halogenated alkanes) is 9. The van der Waals surface area contributed by atoms with E-state index in [0.29, 0.717) is 0 Å². The van der Waals surface area contributed by atoms with E-state index in [1.54, 1.807) is 0 Å². The Labute approximate surface area is 808 Å². The lowest BCUT2D eigenvalue weighted by atomic mass is 10.0. The van der Waals surface area contributed by atoms with Crippen LogP contribution in [0.1, 0.15) is 107 Å². The number of hydrogen-bond acceptors (Lipinski definition) is 7. The number of benzene rings is 18. The van der Waals surface area contributed by atoms with Crippen LogP contribution in [0.5, 0.6) is 0 Å². The normalized spacial score (nSPS) is 10.6. The maximum absolute atomic E-state index is 3.75. The van der Waals surface area contributed by atoms with E-state index in [9.17, 15) is 0 Å². The third-order valence-corrected chi connectivity index (χ3v) is 26.0. The van der Waals surface area contributed by atoms with Crippen LogP contribution in [-0.4, -0.2) is 28.2 Å². The Morgan fingerprint density at radius 3 is 0.948 bits per heavy atom. The van der Waals surface area contributed by atoms with Gasteiger partial charge in [0.05, 0.1) is 0 Å². The third kappa shape index (κ3) is 27.1. The molecule has 7 heteroatoms. The lowest BCUT2D eigenvalue weighted by molar-refractivity contribution is 0.556.